The Morgan fingerprint density at radius 2 is 2.11 bits per heavy atom. The van der Waals surface area contributed by atoms with Crippen LogP contribution in [0.15, 0.2) is 0 Å². The van der Waals surface area contributed by atoms with Crippen LogP contribution in [-0.4, -0.2) is 34.8 Å². The van der Waals surface area contributed by atoms with Crippen LogP contribution in [0.1, 0.15) is 42.5 Å². The second kappa shape index (κ2) is 4.21. The lowest BCUT2D eigenvalue weighted by Crippen LogP contribution is -2.12. The van der Waals surface area contributed by atoms with Gasteiger partial charge in [0.05, 0.1) is 29.8 Å². The predicted molar refractivity (Wildman–Crippen MR) is 67.4 cm³/mol. The van der Waals surface area contributed by atoms with Gasteiger partial charge in [0.25, 0.3) is 0 Å². The molecule has 1 aliphatic carbocycles. The van der Waals surface area contributed by atoms with Crippen LogP contribution in [0.4, 0.5) is 0 Å². The molecule has 0 radical (unpaired) electrons. The van der Waals surface area contributed by atoms with E-state index in [2.05, 4.69) is 5.10 Å². The molecule has 1 aliphatic heterocycles. The molecule has 1 saturated carbocycles. The molecule has 1 aromatic heterocycles. The highest BCUT2D eigenvalue weighted by atomic mass is 35.5. The van der Waals surface area contributed by atoms with E-state index in [-0.39, 0.29) is 24.2 Å². The van der Waals surface area contributed by atoms with Gasteiger partial charge in [-0.25, -0.2) is 13.1 Å². The fourth-order valence-electron chi connectivity index (χ4n) is 2.51. The van der Waals surface area contributed by atoms with E-state index in [1.807, 2.05) is 0 Å². The molecule has 1 atom stereocenters. The Kier molecular flexibility index (Phi) is 2.91. The van der Waals surface area contributed by atoms with Crippen LogP contribution in [-0.2, 0) is 16.4 Å². The first-order valence-electron chi connectivity index (χ1n) is 6.10. The second-order valence-electron chi connectivity index (χ2n) is 5.09. The number of aliphatic hydroxyl groups excluding tert-OH is 1. The first-order chi connectivity index (χ1) is 8.52. The summed E-state index contributed by atoms with van der Waals surface area (Å²) in [5.41, 5.74) is 1.52. The summed E-state index contributed by atoms with van der Waals surface area (Å²) in [7, 11) is -2.96. The van der Waals surface area contributed by atoms with Gasteiger partial charge in [0.2, 0.25) is 0 Å². The molecule has 1 N–H and O–H groups in total. The lowest BCUT2D eigenvalue weighted by Gasteiger charge is -2.09. The monoisotopic (exact) mass is 290 g/mol. The largest absolute Gasteiger partial charge is 0.391 e. The average molecular weight is 291 g/mol. The van der Waals surface area contributed by atoms with Gasteiger partial charge in [0.15, 0.2) is 9.84 Å². The maximum atomic E-state index is 11.5. The minimum absolute atomic E-state index is 0.101. The van der Waals surface area contributed by atoms with Crippen molar-refractivity contribution in [3.8, 4) is 0 Å². The Morgan fingerprint density at radius 1 is 1.39 bits per heavy atom. The summed E-state index contributed by atoms with van der Waals surface area (Å²) in [6.07, 6.45) is 2.70. The van der Waals surface area contributed by atoms with E-state index in [1.54, 1.807) is 4.68 Å². The number of aliphatic hydroxyl groups is 1. The Morgan fingerprint density at radius 3 is 2.61 bits per heavy atom. The third-order valence-corrected chi connectivity index (χ3v) is 5.80. The highest BCUT2D eigenvalue weighted by Crippen LogP contribution is 2.43. The third-order valence-electron chi connectivity index (χ3n) is 3.65. The molecule has 2 heterocycles. The summed E-state index contributed by atoms with van der Waals surface area (Å²) in [5.74, 6) is 0.689. The molecule has 0 amide bonds. The summed E-state index contributed by atoms with van der Waals surface area (Å²) >= 11 is 6.22. The van der Waals surface area contributed by atoms with Crippen molar-refractivity contribution in [1.82, 2.24) is 9.78 Å². The predicted octanol–water partition coefficient (Wildman–Crippen LogP) is 1.27. The topological polar surface area (TPSA) is 72.2 Å². The van der Waals surface area contributed by atoms with E-state index in [0.717, 1.165) is 18.5 Å². The number of rotatable bonds is 3. The Labute approximate surface area is 111 Å². The summed E-state index contributed by atoms with van der Waals surface area (Å²) in [6.45, 7) is -0.135. The normalized spacial score (nSPS) is 26.7. The molecule has 100 valence electrons. The smallest absolute Gasteiger partial charge is 0.152 e. The van der Waals surface area contributed by atoms with E-state index in [0.29, 0.717) is 23.1 Å². The molecule has 18 heavy (non-hydrogen) atoms. The van der Waals surface area contributed by atoms with Crippen molar-refractivity contribution in [1.29, 1.82) is 0 Å². The standard InChI is InChI=1S/C11H15ClN2O3S/c12-11-9(5-15)10(7-1-2-7)13-14(11)8-3-4-18(16,17)6-8/h7-8,15H,1-6H2. The zero-order chi connectivity index (χ0) is 12.9. The summed E-state index contributed by atoms with van der Waals surface area (Å²) < 4.78 is 24.6. The average Bonchev–Trinajstić information content (AvgIpc) is 3.01. The van der Waals surface area contributed by atoms with Gasteiger partial charge in [-0.3, -0.25) is 0 Å². The number of hydrogen-bond acceptors (Lipinski definition) is 4. The summed E-state index contributed by atoms with van der Waals surface area (Å²) in [6, 6.07) is -0.180. The lowest BCUT2D eigenvalue weighted by atomic mass is 10.2. The fourth-order valence-corrected chi connectivity index (χ4v) is 4.53. The number of sulfone groups is 1. The van der Waals surface area contributed by atoms with Crippen molar-refractivity contribution in [2.24, 2.45) is 0 Å². The van der Waals surface area contributed by atoms with Crippen molar-refractivity contribution < 1.29 is 13.5 Å². The van der Waals surface area contributed by atoms with E-state index in [9.17, 15) is 13.5 Å². The third kappa shape index (κ3) is 2.06. The molecule has 1 saturated heterocycles. The van der Waals surface area contributed by atoms with Crippen molar-refractivity contribution >= 4 is 21.4 Å². The van der Waals surface area contributed by atoms with Crippen LogP contribution in [0, 0.1) is 0 Å². The molecule has 3 rings (SSSR count). The Hall–Kier alpha value is -0.590. The van der Waals surface area contributed by atoms with Gasteiger partial charge in [-0.2, -0.15) is 5.10 Å². The van der Waals surface area contributed by atoms with Crippen LogP contribution in [0.5, 0.6) is 0 Å². The van der Waals surface area contributed by atoms with Gasteiger partial charge in [-0.1, -0.05) is 11.6 Å². The van der Waals surface area contributed by atoms with Gasteiger partial charge in [0, 0.05) is 11.5 Å². The van der Waals surface area contributed by atoms with E-state index in [4.69, 9.17) is 11.6 Å². The van der Waals surface area contributed by atoms with E-state index < -0.39 is 9.84 Å². The van der Waals surface area contributed by atoms with Gasteiger partial charge in [-0.15, -0.1) is 0 Å². The van der Waals surface area contributed by atoms with Gasteiger partial charge < -0.3 is 5.11 Å². The Bertz CT molecular complexity index is 577. The quantitative estimate of drug-likeness (QED) is 0.910. The highest BCUT2D eigenvalue weighted by Gasteiger charge is 2.35. The molecule has 1 aromatic rings. The lowest BCUT2D eigenvalue weighted by molar-refractivity contribution is 0.280. The number of halogens is 1. The van der Waals surface area contributed by atoms with Crippen molar-refractivity contribution in [3.63, 3.8) is 0 Å². The van der Waals surface area contributed by atoms with Crippen LogP contribution < -0.4 is 0 Å². The van der Waals surface area contributed by atoms with Crippen LogP contribution >= 0.6 is 11.6 Å². The van der Waals surface area contributed by atoms with E-state index >= 15 is 0 Å². The minimum Gasteiger partial charge on any atom is -0.391 e. The van der Waals surface area contributed by atoms with E-state index in [1.165, 1.54) is 0 Å². The van der Waals surface area contributed by atoms with Gasteiger partial charge >= 0.3 is 0 Å². The first-order valence-corrected chi connectivity index (χ1v) is 8.30. The molecule has 2 fully saturated rings. The summed E-state index contributed by atoms with van der Waals surface area (Å²) in [5, 5.41) is 14.2. The number of hydrogen-bond donors (Lipinski definition) is 1. The molecular formula is C11H15ClN2O3S. The second-order valence-corrected chi connectivity index (χ2v) is 7.68. The maximum absolute atomic E-state index is 11.5. The number of aromatic nitrogens is 2. The first kappa shape index (κ1) is 12.4. The summed E-state index contributed by atoms with van der Waals surface area (Å²) in [4.78, 5) is 0. The SMILES string of the molecule is O=S1(=O)CCC(n2nc(C3CC3)c(CO)c2Cl)C1. The van der Waals surface area contributed by atoms with Crippen LogP contribution in [0.2, 0.25) is 5.15 Å². The fraction of sp³-hybridized carbons (Fsp3) is 0.727. The molecule has 5 nitrogen and oxygen atoms in total. The highest BCUT2D eigenvalue weighted by molar-refractivity contribution is 7.91. The molecule has 7 heteroatoms. The molecule has 0 spiro atoms. The molecule has 1 unspecified atom stereocenters. The van der Waals surface area contributed by atoms with Crippen molar-refractivity contribution in [3.05, 3.63) is 16.4 Å². The number of nitrogens with zero attached hydrogens (tertiary/aromatic N) is 2. The minimum atomic E-state index is -2.96. The molecule has 0 bridgehead atoms. The Balaban J connectivity index is 1.97. The molecular weight excluding hydrogens is 276 g/mol. The molecule has 0 aromatic carbocycles. The maximum Gasteiger partial charge on any atom is 0.152 e. The van der Waals surface area contributed by atoms with Crippen molar-refractivity contribution in [2.75, 3.05) is 11.5 Å². The van der Waals surface area contributed by atoms with Crippen LogP contribution in [0.25, 0.3) is 0 Å². The van der Waals surface area contributed by atoms with Gasteiger partial charge in [-0.05, 0) is 19.3 Å². The van der Waals surface area contributed by atoms with Crippen LogP contribution in [0.3, 0.4) is 0 Å². The van der Waals surface area contributed by atoms with Crippen molar-refractivity contribution in [2.45, 2.75) is 37.8 Å². The zero-order valence-corrected chi connectivity index (χ0v) is 11.4. The molecule has 2 aliphatic rings. The van der Waals surface area contributed by atoms with Gasteiger partial charge in [0.1, 0.15) is 5.15 Å². The zero-order valence-electron chi connectivity index (χ0n) is 9.84.